The SMILES string of the molecule is COC(=O)C1CN(C2CCN(C)C2=O)CCO1. The third kappa shape index (κ3) is 2.42. The van der Waals surface area contributed by atoms with Crippen molar-refractivity contribution in [1.82, 2.24) is 9.80 Å². The van der Waals surface area contributed by atoms with E-state index in [0.29, 0.717) is 19.7 Å². The van der Waals surface area contributed by atoms with Crippen molar-refractivity contribution in [3.05, 3.63) is 0 Å². The molecule has 0 aromatic carbocycles. The van der Waals surface area contributed by atoms with Crippen LogP contribution >= 0.6 is 0 Å². The Labute approximate surface area is 100 Å². The van der Waals surface area contributed by atoms with Crippen molar-refractivity contribution < 1.29 is 19.1 Å². The fourth-order valence-electron chi connectivity index (χ4n) is 2.37. The predicted octanol–water partition coefficient (Wildman–Crippen LogP) is -0.909. The molecule has 2 aliphatic heterocycles. The first-order valence-electron chi connectivity index (χ1n) is 5.82. The molecule has 6 nitrogen and oxygen atoms in total. The van der Waals surface area contributed by atoms with E-state index in [4.69, 9.17) is 4.74 Å². The van der Waals surface area contributed by atoms with Gasteiger partial charge in [0.2, 0.25) is 5.91 Å². The number of likely N-dealkylation sites (N-methyl/N-ethyl adjacent to an activating group) is 1. The van der Waals surface area contributed by atoms with E-state index in [2.05, 4.69) is 4.74 Å². The number of amides is 1. The standard InChI is InChI=1S/C11H18N2O4/c1-12-4-3-8(10(12)14)13-5-6-17-9(7-13)11(15)16-2/h8-9H,3-7H2,1-2H3. The van der Waals surface area contributed by atoms with E-state index < -0.39 is 6.10 Å². The van der Waals surface area contributed by atoms with Gasteiger partial charge in [-0.2, -0.15) is 0 Å². The summed E-state index contributed by atoms with van der Waals surface area (Å²) in [5, 5.41) is 0. The Kier molecular flexibility index (Phi) is 3.63. The summed E-state index contributed by atoms with van der Waals surface area (Å²) in [5.74, 6) is -0.232. The predicted molar refractivity (Wildman–Crippen MR) is 59.4 cm³/mol. The summed E-state index contributed by atoms with van der Waals surface area (Å²) in [6.45, 7) is 2.38. The maximum atomic E-state index is 11.9. The summed E-state index contributed by atoms with van der Waals surface area (Å²) in [6, 6.07) is -0.101. The van der Waals surface area contributed by atoms with Crippen LogP contribution in [0.4, 0.5) is 0 Å². The number of ether oxygens (including phenoxy) is 2. The smallest absolute Gasteiger partial charge is 0.336 e. The summed E-state index contributed by atoms with van der Waals surface area (Å²) in [5.41, 5.74) is 0. The number of carbonyl (C=O) groups excluding carboxylic acids is 2. The topological polar surface area (TPSA) is 59.1 Å². The first-order valence-corrected chi connectivity index (χ1v) is 5.82. The van der Waals surface area contributed by atoms with Crippen LogP contribution in [0.2, 0.25) is 0 Å². The molecule has 96 valence electrons. The number of rotatable bonds is 2. The molecular weight excluding hydrogens is 224 g/mol. The van der Waals surface area contributed by atoms with Crippen molar-refractivity contribution in [3.63, 3.8) is 0 Å². The summed E-state index contributed by atoms with van der Waals surface area (Å²) in [6.07, 6.45) is 0.260. The number of morpholine rings is 1. The van der Waals surface area contributed by atoms with Crippen LogP contribution in [0.5, 0.6) is 0 Å². The molecule has 2 atom stereocenters. The van der Waals surface area contributed by atoms with Crippen LogP contribution in [0.3, 0.4) is 0 Å². The Morgan fingerprint density at radius 3 is 2.82 bits per heavy atom. The minimum atomic E-state index is -0.563. The van der Waals surface area contributed by atoms with Gasteiger partial charge in [-0.3, -0.25) is 9.69 Å². The average molecular weight is 242 g/mol. The second-order valence-electron chi connectivity index (χ2n) is 4.44. The van der Waals surface area contributed by atoms with Crippen molar-refractivity contribution >= 4 is 11.9 Å². The molecule has 6 heteroatoms. The third-order valence-corrected chi connectivity index (χ3v) is 3.40. The van der Waals surface area contributed by atoms with Crippen LogP contribution in [0.1, 0.15) is 6.42 Å². The maximum Gasteiger partial charge on any atom is 0.336 e. The molecule has 2 fully saturated rings. The Bertz CT molecular complexity index is 321. The Hall–Kier alpha value is -1.14. The Morgan fingerprint density at radius 1 is 1.47 bits per heavy atom. The fraction of sp³-hybridized carbons (Fsp3) is 0.818. The lowest BCUT2D eigenvalue weighted by Gasteiger charge is -2.34. The van der Waals surface area contributed by atoms with Crippen LogP contribution in [-0.2, 0) is 19.1 Å². The second-order valence-corrected chi connectivity index (χ2v) is 4.44. The van der Waals surface area contributed by atoms with Crippen molar-refractivity contribution in [2.75, 3.05) is 40.4 Å². The highest BCUT2D eigenvalue weighted by Gasteiger charge is 2.38. The molecule has 0 bridgehead atoms. The van der Waals surface area contributed by atoms with Crippen LogP contribution in [0, 0.1) is 0 Å². The molecule has 0 aliphatic carbocycles. The molecule has 1 amide bonds. The van der Waals surface area contributed by atoms with Crippen molar-refractivity contribution in [2.45, 2.75) is 18.6 Å². The van der Waals surface area contributed by atoms with Gasteiger partial charge in [0, 0.05) is 26.7 Å². The number of nitrogens with zero attached hydrogens (tertiary/aromatic N) is 2. The molecule has 0 N–H and O–H groups in total. The van der Waals surface area contributed by atoms with Gasteiger partial charge in [-0.05, 0) is 6.42 Å². The van der Waals surface area contributed by atoms with Gasteiger partial charge in [0.15, 0.2) is 6.10 Å². The minimum Gasteiger partial charge on any atom is -0.467 e. The zero-order valence-electron chi connectivity index (χ0n) is 10.2. The van der Waals surface area contributed by atoms with E-state index in [1.165, 1.54) is 7.11 Å². The lowest BCUT2D eigenvalue weighted by atomic mass is 10.1. The van der Waals surface area contributed by atoms with Crippen molar-refractivity contribution in [3.8, 4) is 0 Å². The van der Waals surface area contributed by atoms with Crippen LogP contribution < -0.4 is 0 Å². The van der Waals surface area contributed by atoms with Gasteiger partial charge < -0.3 is 14.4 Å². The Balaban J connectivity index is 1.98. The number of esters is 1. The molecule has 0 aromatic rings. The van der Waals surface area contributed by atoms with E-state index in [0.717, 1.165) is 13.0 Å². The molecule has 2 heterocycles. The van der Waals surface area contributed by atoms with Gasteiger partial charge in [0.25, 0.3) is 0 Å². The first kappa shape index (κ1) is 12.3. The lowest BCUT2D eigenvalue weighted by molar-refractivity contribution is -0.162. The van der Waals surface area contributed by atoms with E-state index in [9.17, 15) is 9.59 Å². The summed E-state index contributed by atoms with van der Waals surface area (Å²) < 4.78 is 10.0. The van der Waals surface area contributed by atoms with Crippen LogP contribution in [-0.4, -0.2) is 74.2 Å². The normalized spacial score (nSPS) is 30.7. The first-order chi connectivity index (χ1) is 8.13. The fourth-order valence-corrected chi connectivity index (χ4v) is 2.37. The summed E-state index contributed by atoms with van der Waals surface area (Å²) in [4.78, 5) is 27.0. The monoisotopic (exact) mass is 242 g/mol. The number of likely N-dealkylation sites (tertiary alicyclic amines) is 1. The van der Waals surface area contributed by atoms with E-state index >= 15 is 0 Å². The van der Waals surface area contributed by atoms with Crippen LogP contribution in [0.25, 0.3) is 0 Å². The molecule has 0 saturated carbocycles. The summed E-state index contributed by atoms with van der Waals surface area (Å²) >= 11 is 0. The molecular formula is C11H18N2O4. The van der Waals surface area contributed by atoms with Gasteiger partial charge in [-0.15, -0.1) is 0 Å². The van der Waals surface area contributed by atoms with Gasteiger partial charge in [-0.25, -0.2) is 4.79 Å². The molecule has 2 rings (SSSR count). The lowest BCUT2D eigenvalue weighted by Crippen LogP contribution is -2.52. The Morgan fingerprint density at radius 2 is 2.24 bits per heavy atom. The highest BCUT2D eigenvalue weighted by molar-refractivity contribution is 5.84. The minimum absolute atomic E-state index is 0.101. The molecule has 0 radical (unpaired) electrons. The van der Waals surface area contributed by atoms with Crippen LogP contribution in [0.15, 0.2) is 0 Å². The van der Waals surface area contributed by atoms with Crippen molar-refractivity contribution in [1.29, 1.82) is 0 Å². The molecule has 2 aliphatic rings. The van der Waals surface area contributed by atoms with E-state index in [-0.39, 0.29) is 17.9 Å². The third-order valence-electron chi connectivity index (χ3n) is 3.40. The van der Waals surface area contributed by atoms with Gasteiger partial charge in [-0.1, -0.05) is 0 Å². The highest BCUT2D eigenvalue weighted by atomic mass is 16.6. The van der Waals surface area contributed by atoms with Gasteiger partial charge >= 0.3 is 5.97 Å². The summed E-state index contributed by atoms with van der Waals surface area (Å²) in [7, 11) is 3.15. The number of carbonyl (C=O) groups is 2. The molecule has 0 aromatic heterocycles. The number of hydrogen-bond acceptors (Lipinski definition) is 5. The highest BCUT2D eigenvalue weighted by Crippen LogP contribution is 2.19. The maximum absolute atomic E-state index is 11.9. The molecule has 0 spiro atoms. The van der Waals surface area contributed by atoms with Gasteiger partial charge in [0.1, 0.15) is 0 Å². The zero-order chi connectivity index (χ0) is 12.4. The van der Waals surface area contributed by atoms with E-state index in [1.54, 1.807) is 11.9 Å². The second kappa shape index (κ2) is 5.01. The largest absolute Gasteiger partial charge is 0.467 e. The van der Waals surface area contributed by atoms with Crippen molar-refractivity contribution in [2.24, 2.45) is 0 Å². The van der Waals surface area contributed by atoms with E-state index in [1.807, 2.05) is 4.90 Å². The molecule has 17 heavy (non-hydrogen) atoms. The molecule has 2 saturated heterocycles. The van der Waals surface area contributed by atoms with Gasteiger partial charge in [0.05, 0.1) is 19.8 Å². The quantitative estimate of drug-likeness (QED) is 0.587. The average Bonchev–Trinajstić information content (AvgIpc) is 2.69. The zero-order valence-corrected chi connectivity index (χ0v) is 10.2. The molecule has 2 unspecified atom stereocenters. The number of methoxy groups -OCH3 is 1. The number of hydrogen-bond donors (Lipinski definition) is 0.